The smallest absolute Gasteiger partial charge is 0.225 e. The summed E-state index contributed by atoms with van der Waals surface area (Å²) in [5, 5.41) is 1.07. The minimum absolute atomic E-state index is 0.226. The second kappa shape index (κ2) is 7.04. The van der Waals surface area contributed by atoms with Crippen molar-refractivity contribution in [2.75, 3.05) is 31.1 Å². The van der Waals surface area contributed by atoms with Gasteiger partial charge in [-0.3, -0.25) is 4.79 Å². The second-order valence-corrected chi connectivity index (χ2v) is 6.95. The molecule has 3 heterocycles. The van der Waals surface area contributed by atoms with E-state index >= 15 is 0 Å². The summed E-state index contributed by atoms with van der Waals surface area (Å²) < 4.78 is 0. The number of carbonyl (C=O) groups is 1. The molecule has 0 spiro atoms. The molecule has 2 aromatic rings. The fraction of sp³-hybridized carbons (Fsp3) is 0.500. The Morgan fingerprint density at radius 1 is 1.17 bits per heavy atom. The van der Waals surface area contributed by atoms with Gasteiger partial charge in [-0.25, -0.2) is 15.0 Å². The van der Waals surface area contributed by atoms with Gasteiger partial charge in [-0.15, -0.1) is 11.3 Å². The van der Waals surface area contributed by atoms with Crippen molar-refractivity contribution in [3.63, 3.8) is 0 Å². The van der Waals surface area contributed by atoms with Crippen LogP contribution in [-0.2, 0) is 11.2 Å². The quantitative estimate of drug-likeness (QED) is 0.855. The maximum Gasteiger partial charge on any atom is 0.225 e. The molecule has 7 heteroatoms. The maximum atomic E-state index is 12.4. The standard InChI is InChI=1S/C16H21N5OS/c1-12-14(23-13(2)19-12)4-5-15(22)20-8-10-21(11-9-20)16-17-6-3-7-18-16/h3,6-7H,4-5,8-11H2,1-2H3. The minimum Gasteiger partial charge on any atom is -0.339 e. The zero-order valence-corrected chi connectivity index (χ0v) is 14.3. The number of aryl methyl sites for hydroxylation is 3. The zero-order chi connectivity index (χ0) is 16.2. The monoisotopic (exact) mass is 331 g/mol. The van der Waals surface area contributed by atoms with Gasteiger partial charge in [0.1, 0.15) is 0 Å². The van der Waals surface area contributed by atoms with Crippen molar-refractivity contribution in [2.45, 2.75) is 26.7 Å². The number of anilines is 1. The van der Waals surface area contributed by atoms with Gasteiger partial charge in [-0.2, -0.15) is 0 Å². The summed E-state index contributed by atoms with van der Waals surface area (Å²) in [4.78, 5) is 30.6. The van der Waals surface area contributed by atoms with Crippen LogP contribution in [0.2, 0.25) is 0 Å². The molecule has 6 nitrogen and oxygen atoms in total. The normalized spacial score (nSPS) is 15.0. The van der Waals surface area contributed by atoms with E-state index in [2.05, 4.69) is 19.9 Å². The van der Waals surface area contributed by atoms with Crippen LogP contribution >= 0.6 is 11.3 Å². The first-order valence-electron chi connectivity index (χ1n) is 7.86. The highest BCUT2D eigenvalue weighted by Crippen LogP contribution is 2.19. The van der Waals surface area contributed by atoms with Crippen LogP contribution in [0.3, 0.4) is 0 Å². The highest BCUT2D eigenvalue weighted by atomic mass is 32.1. The molecular weight excluding hydrogens is 310 g/mol. The summed E-state index contributed by atoms with van der Waals surface area (Å²) >= 11 is 1.69. The Bertz CT molecular complexity index is 664. The molecular formula is C16H21N5OS. The van der Waals surface area contributed by atoms with Crippen LogP contribution in [0.25, 0.3) is 0 Å². The SMILES string of the molecule is Cc1nc(C)c(CCC(=O)N2CCN(c3ncccn3)CC2)s1. The van der Waals surface area contributed by atoms with Gasteiger partial charge in [-0.05, 0) is 26.3 Å². The molecule has 1 fully saturated rings. The molecule has 0 aromatic carbocycles. The Balaban J connectivity index is 1.49. The van der Waals surface area contributed by atoms with E-state index in [-0.39, 0.29) is 5.91 Å². The second-order valence-electron chi connectivity index (χ2n) is 5.66. The zero-order valence-electron chi connectivity index (χ0n) is 13.5. The van der Waals surface area contributed by atoms with Crippen LogP contribution in [0.4, 0.5) is 5.95 Å². The van der Waals surface area contributed by atoms with E-state index in [1.165, 1.54) is 4.88 Å². The predicted molar refractivity (Wildman–Crippen MR) is 90.7 cm³/mol. The number of hydrogen-bond acceptors (Lipinski definition) is 6. The Morgan fingerprint density at radius 2 is 1.87 bits per heavy atom. The number of thiazole rings is 1. The molecule has 1 amide bonds. The molecule has 0 saturated carbocycles. The molecule has 0 unspecified atom stereocenters. The van der Waals surface area contributed by atoms with Crippen molar-refractivity contribution in [1.29, 1.82) is 0 Å². The number of aromatic nitrogens is 3. The maximum absolute atomic E-state index is 12.4. The number of piperazine rings is 1. The van der Waals surface area contributed by atoms with Crippen molar-refractivity contribution < 1.29 is 4.79 Å². The van der Waals surface area contributed by atoms with E-state index in [9.17, 15) is 4.79 Å². The Labute approximate surface area is 140 Å². The summed E-state index contributed by atoms with van der Waals surface area (Å²) in [5.41, 5.74) is 1.06. The van der Waals surface area contributed by atoms with Gasteiger partial charge in [-0.1, -0.05) is 0 Å². The Kier molecular flexibility index (Phi) is 4.85. The molecule has 1 aliphatic rings. The fourth-order valence-corrected chi connectivity index (χ4v) is 3.73. The average Bonchev–Trinajstić information content (AvgIpc) is 2.91. The number of carbonyl (C=O) groups excluding carboxylic acids is 1. The summed E-state index contributed by atoms with van der Waals surface area (Å²) in [7, 11) is 0. The van der Waals surface area contributed by atoms with E-state index in [1.54, 1.807) is 23.7 Å². The molecule has 0 atom stereocenters. The lowest BCUT2D eigenvalue weighted by atomic mass is 10.2. The third-order valence-electron chi connectivity index (χ3n) is 4.03. The number of hydrogen-bond donors (Lipinski definition) is 0. The molecule has 2 aromatic heterocycles. The van der Waals surface area contributed by atoms with Crippen LogP contribution < -0.4 is 4.90 Å². The summed E-state index contributed by atoms with van der Waals surface area (Å²) in [6.07, 6.45) is 4.85. The van der Waals surface area contributed by atoms with E-state index < -0.39 is 0 Å². The minimum atomic E-state index is 0.226. The molecule has 3 rings (SSSR count). The van der Waals surface area contributed by atoms with Gasteiger partial charge >= 0.3 is 0 Å². The van der Waals surface area contributed by atoms with Crippen molar-refractivity contribution in [1.82, 2.24) is 19.9 Å². The Hall–Kier alpha value is -2.02. The third kappa shape index (κ3) is 3.85. The van der Waals surface area contributed by atoms with E-state index in [1.807, 2.05) is 24.8 Å². The molecule has 0 bridgehead atoms. The van der Waals surface area contributed by atoms with Crippen LogP contribution in [-0.4, -0.2) is 51.9 Å². The summed E-state index contributed by atoms with van der Waals surface area (Å²) in [6.45, 7) is 7.06. The number of amides is 1. The first kappa shape index (κ1) is 15.9. The lowest BCUT2D eigenvalue weighted by molar-refractivity contribution is -0.131. The summed E-state index contributed by atoms with van der Waals surface area (Å²) in [6, 6.07) is 1.81. The molecule has 122 valence electrons. The van der Waals surface area contributed by atoms with Gasteiger partial charge in [0, 0.05) is 49.9 Å². The third-order valence-corrected chi connectivity index (χ3v) is 5.17. The van der Waals surface area contributed by atoms with Crippen molar-refractivity contribution in [3.8, 4) is 0 Å². The highest BCUT2D eigenvalue weighted by Gasteiger charge is 2.22. The predicted octanol–water partition coefficient (Wildman–Crippen LogP) is 1.83. The number of nitrogens with zero attached hydrogens (tertiary/aromatic N) is 5. The van der Waals surface area contributed by atoms with Crippen LogP contribution in [0.15, 0.2) is 18.5 Å². The van der Waals surface area contributed by atoms with Gasteiger partial charge in [0.2, 0.25) is 11.9 Å². The van der Waals surface area contributed by atoms with Crippen molar-refractivity contribution >= 4 is 23.2 Å². The van der Waals surface area contributed by atoms with E-state index in [4.69, 9.17) is 0 Å². The highest BCUT2D eigenvalue weighted by molar-refractivity contribution is 7.11. The molecule has 1 saturated heterocycles. The van der Waals surface area contributed by atoms with Gasteiger partial charge in [0.25, 0.3) is 0 Å². The van der Waals surface area contributed by atoms with Crippen LogP contribution in [0, 0.1) is 13.8 Å². The number of rotatable bonds is 4. The Morgan fingerprint density at radius 3 is 2.48 bits per heavy atom. The first-order valence-corrected chi connectivity index (χ1v) is 8.68. The molecule has 1 aliphatic heterocycles. The largest absolute Gasteiger partial charge is 0.339 e. The lowest BCUT2D eigenvalue weighted by Gasteiger charge is -2.34. The topological polar surface area (TPSA) is 62.2 Å². The summed E-state index contributed by atoms with van der Waals surface area (Å²) in [5.74, 6) is 0.972. The molecule has 0 N–H and O–H groups in total. The molecule has 23 heavy (non-hydrogen) atoms. The van der Waals surface area contributed by atoms with Crippen molar-refractivity contribution in [2.24, 2.45) is 0 Å². The van der Waals surface area contributed by atoms with Crippen molar-refractivity contribution in [3.05, 3.63) is 34.0 Å². The molecule has 0 radical (unpaired) electrons. The average molecular weight is 331 g/mol. The lowest BCUT2D eigenvalue weighted by Crippen LogP contribution is -2.49. The van der Waals surface area contributed by atoms with Gasteiger partial charge < -0.3 is 9.80 Å². The molecule has 0 aliphatic carbocycles. The first-order chi connectivity index (χ1) is 11.1. The van der Waals surface area contributed by atoms with E-state index in [0.29, 0.717) is 6.42 Å². The van der Waals surface area contributed by atoms with Gasteiger partial charge in [0.05, 0.1) is 10.7 Å². The fourth-order valence-electron chi connectivity index (χ4n) is 2.79. The van der Waals surface area contributed by atoms with Gasteiger partial charge in [0.15, 0.2) is 0 Å². The van der Waals surface area contributed by atoms with Crippen LogP contribution in [0.1, 0.15) is 22.0 Å². The van der Waals surface area contributed by atoms with E-state index in [0.717, 1.165) is 49.2 Å². The van der Waals surface area contributed by atoms with Crippen LogP contribution in [0.5, 0.6) is 0 Å².